The van der Waals surface area contributed by atoms with E-state index in [1.807, 2.05) is 0 Å². The molecule has 9 heteroatoms. The number of rotatable bonds is 3. The lowest BCUT2D eigenvalue weighted by Gasteiger charge is -2.26. The number of ether oxygens (including phenoxy) is 1. The molecule has 0 aromatic rings. The van der Waals surface area contributed by atoms with Gasteiger partial charge in [-0.25, -0.2) is 8.96 Å². The predicted molar refractivity (Wildman–Crippen MR) is 49.0 cm³/mol. The maximum atomic E-state index is 13.9. The van der Waals surface area contributed by atoms with Crippen LogP contribution in [-0.4, -0.2) is 50.3 Å². The van der Waals surface area contributed by atoms with Crippen molar-refractivity contribution >= 4 is 7.82 Å². The fourth-order valence-electron chi connectivity index (χ4n) is 1.42. The van der Waals surface area contributed by atoms with E-state index in [9.17, 15) is 19.2 Å². The lowest BCUT2D eigenvalue weighted by Crippen LogP contribution is -2.49. The van der Waals surface area contributed by atoms with Crippen molar-refractivity contribution < 1.29 is 38.2 Å². The topological polar surface area (TPSA) is 116 Å². The SMILES string of the molecule is C[C@@H]1O[C@](F)(COP(=O)(O)O)[C@@H](O)[C@@]1(C)O. The van der Waals surface area contributed by atoms with Gasteiger partial charge >= 0.3 is 7.82 Å². The molecule has 7 nitrogen and oxygen atoms in total. The molecule has 1 rings (SSSR count). The third kappa shape index (κ3) is 2.60. The molecule has 0 aliphatic carbocycles. The summed E-state index contributed by atoms with van der Waals surface area (Å²) in [6.07, 6.45) is -2.99. The van der Waals surface area contributed by atoms with Gasteiger partial charge in [-0.2, -0.15) is 0 Å². The third-order valence-corrected chi connectivity index (χ3v) is 3.05. The second kappa shape index (κ2) is 3.99. The summed E-state index contributed by atoms with van der Waals surface area (Å²) in [6, 6.07) is 0. The summed E-state index contributed by atoms with van der Waals surface area (Å²) >= 11 is 0. The van der Waals surface area contributed by atoms with Crippen LogP contribution >= 0.6 is 7.82 Å². The molecule has 0 aromatic heterocycles. The number of alkyl halides is 1. The Kier molecular flexibility index (Phi) is 3.49. The molecule has 1 fully saturated rings. The summed E-state index contributed by atoms with van der Waals surface area (Å²) in [5.41, 5.74) is -1.85. The van der Waals surface area contributed by atoms with Crippen molar-refractivity contribution in [2.45, 2.75) is 37.5 Å². The summed E-state index contributed by atoms with van der Waals surface area (Å²) in [5.74, 6) is -2.84. The van der Waals surface area contributed by atoms with Crippen LogP contribution in [0.25, 0.3) is 0 Å². The Morgan fingerprint density at radius 3 is 2.38 bits per heavy atom. The van der Waals surface area contributed by atoms with Gasteiger partial charge in [0.25, 0.3) is 5.85 Å². The Bertz CT molecular complexity index is 316. The summed E-state index contributed by atoms with van der Waals surface area (Å²) in [5, 5.41) is 19.1. The van der Waals surface area contributed by atoms with Gasteiger partial charge in [0.1, 0.15) is 18.3 Å². The Labute approximate surface area is 91.0 Å². The number of phosphoric acid groups is 1. The lowest BCUT2D eigenvalue weighted by atomic mass is 9.93. The molecule has 0 unspecified atom stereocenters. The molecule has 4 N–H and O–H groups in total. The van der Waals surface area contributed by atoms with Crippen molar-refractivity contribution in [3.05, 3.63) is 0 Å². The van der Waals surface area contributed by atoms with E-state index in [2.05, 4.69) is 9.26 Å². The lowest BCUT2D eigenvalue weighted by molar-refractivity contribution is -0.192. The van der Waals surface area contributed by atoms with Crippen molar-refractivity contribution in [3.63, 3.8) is 0 Å². The van der Waals surface area contributed by atoms with Crippen LogP contribution in [0.2, 0.25) is 0 Å². The first-order valence-electron chi connectivity index (χ1n) is 4.46. The van der Waals surface area contributed by atoms with Gasteiger partial charge in [-0.05, 0) is 13.8 Å². The van der Waals surface area contributed by atoms with Gasteiger partial charge in [0.15, 0.2) is 0 Å². The minimum absolute atomic E-state index is 1.03. The number of hydrogen-bond donors (Lipinski definition) is 4. The van der Waals surface area contributed by atoms with Gasteiger partial charge in [-0.3, -0.25) is 4.52 Å². The van der Waals surface area contributed by atoms with Gasteiger partial charge in [-0.15, -0.1) is 0 Å². The van der Waals surface area contributed by atoms with Crippen molar-refractivity contribution in [2.75, 3.05) is 6.61 Å². The van der Waals surface area contributed by atoms with Crippen molar-refractivity contribution in [2.24, 2.45) is 0 Å². The van der Waals surface area contributed by atoms with Crippen LogP contribution in [0.5, 0.6) is 0 Å². The van der Waals surface area contributed by atoms with Gasteiger partial charge in [-0.1, -0.05) is 0 Å². The molecule has 1 aliphatic heterocycles. The molecule has 1 heterocycles. The van der Waals surface area contributed by atoms with E-state index in [0.29, 0.717) is 0 Å². The fraction of sp³-hybridized carbons (Fsp3) is 1.00. The molecule has 1 saturated heterocycles. The summed E-state index contributed by atoms with van der Waals surface area (Å²) < 4.78 is 32.8. The summed E-state index contributed by atoms with van der Waals surface area (Å²) in [6.45, 7) is 1.31. The zero-order chi connectivity index (χ0) is 12.8. The van der Waals surface area contributed by atoms with Gasteiger partial charge in [0.05, 0.1) is 6.10 Å². The number of hydrogen-bond acceptors (Lipinski definition) is 5. The van der Waals surface area contributed by atoms with E-state index < -0.39 is 38.1 Å². The van der Waals surface area contributed by atoms with Crippen LogP contribution in [-0.2, 0) is 13.8 Å². The van der Waals surface area contributed by atoms with Crippen LogP contribution < -0.4 is 0 Å². The molecule has 96 valence electrons. The number of aliphatic hydroxyl groups is 2. The quantitative estimate of drug-likeness (QED) is 0.495. The molecule has 0 spiro atoms. The normalized spacial score (nSPS) is 44.9. The minimum Gasteiger partial charge on any atom is -0.385 e. The molecule has 0 bridgehead atoms. The first-order valence-corrected chi connectivity index (χ1v) is 5.99. The smallest absolute Gasteiger partial charge is 0.385 e. The second-order valence-corrected chi connectivity index (χ2v) is 5.18. The Hall–Kier alpha value is -0.0800. The maximum absolute atomic E-state index is 13.9. The van der Waals surface area contributed by atoms with E-state index in [0.717, 1.165) is 6.92 Å². The largest absolute Gasteiger partial charge is 0.469 e. The average Bonchev–Trinajstić information content (AvgIpc) is 2.25. The minimum atomic E-state index is -4.86. The Balaban J connectivity index is 2.77. The van der Waals surface area contributed by atoms with Crippen molar-refractivity contribution in [1.29, 1.82) is 0 Å². The van der Waals surface area contributed by atoms with Crippen LogP contribution in [0.3, 0.4) is 0 Å². The predicted octanol–water partition coefficient (Wildman–Crippen LogP) is -0.708. The van der Waals surface area contributed by atoms with E-state index in [1.165, 1.54) is 6.92 Å². The second-order valence-electron chi connectivity index (χ2n) is 3.94. The molecule has 0 aromatic carbocycles. The number of phosphoric ester groups is 1. The third-order valence-electron chi connectivity index (χ3n) is 2.59. The molecule has 0 amide bonds. The Morgan fingerprint density at radius 2 is 2.06 bits per heavy atom. The van der Waals surface area contributed by atoms with Crippen LogP contribution in [0.15, 0.2) is 0 Å². The zero-order valence-electron chi connectivity index (χ0n) is 8.70. The maximum Gasteiger partial charge on any atom is 0.469 e. The number of halogens is 1. The van der Waals surface area contributed by atoms with E-state index in [4.69, 9.17) is 9.79 Å². The molecule has 1 aliphatic rings. The monoisotopic (exact) mass is 260 g/mol. The van der Waals surface area contributed by atoms with E-state index in [-0.39, 0.29) is 0 Å². The molecular weight excluding hydrogens is 246 g/mol. The highest BCUT2D eigenvalue weighted by molar-refractivity contribution is 7.46. The van der Waals surface area contributed by atoms with Crippen LogP contribution in [0.4, 0.5) is 4.39 Å². The van der Waals surface area contributed by atoms with Crippen LogP contribution in [0.1, 0.15) is 13.8 Å². The highest BCUT2D eigenvalue weighted by atomic mass is 31.2. The van der Waals surface area contributed by atoms with E-state index >= 15 is 0 Å². The molecule has 0 saturated carbocycles. The van der Waals surface area contributed by atoms with Gasteiger partial charge in [0, 0.05) is 0 Å². The first-order chi connectivity index (χ1) is 6.99. The van der Waals surface area contributed by atoms with Crippen molar-refractivity contribution in [3.8, 4) is 0 Å². The highest BCUT2D eigenvalue weighted by Crippen LogP contribution is 2.43. The van der Waals surface area contributed by atoms with Gasteiger partial charge < -0.3 is 24.7 Å². The summed E-state index contributed by atoms with van der Waals surface area (Å²) in [7, 11) is -4.86. The molecule has 4 atom stereocenters. The van der Waals surface area contributed by atoms with E-state index in [1.54, 1.807) is 0 Å². The first kappa shape index (κ1) is 14.0. The molecule has 0 radical (unpaired) electrons. The zero-order valence-corrected chi connectivity index (χ0v) is 9.60. The molecule has 16 heavy (non-hydrogen) atoms. The van der Waals surface area contributed by atoms with Crippen LogP contribution in [0, 0.1) is 0 Å². The Morgan fingerprint density at radius 1 is 1.56 bits per heavy atom. The molecular formula is C7H14FO7P. The standard InChI is InChI=1S/C7H14FO7P/c1-4-6(2,10)5(9)7(8,15-4)3-14-16(11,12)13/h4-5,9-10H,3H2,1-2H3,(H2,11,12,13)/t4-,5-,6-,7+/m0/s1. The highest BCUT2D eigenvalue weighted by Gasteiger charge is 2.61. The fourth-order valence-corrected chi connectivity index (χ4v) is 1.77. The summed E-state index contributed by atoms with van der Waals surface area (Å²) in [4.78, 5) is 16.8. The van der Waals surface area contributed by atoms with Gasteiger partial charge in [0.2, 0.25) is 0 Å². The average molecular weight is 260 g/mol. The van der Waals surface area contributed by atoms with Crippen molar-refractivity contribution in [1.82, 2.24) is 0 Å². The number of aliphatic hydroxyl groups excluding tert-OH is 1.